The molecule has 1 amide bonds. The average molecular weight is 195 g/mol. The number of piperidine rings is 1. The summed E-state index contributed by atoms with van der Waals surface area (Å²) in [5.41, 5.74) is 1.19. The van der Waals surface area contributed by atoms with Crippen LogP contribution in [0.15, 0.2) is 12.2 Å². The summed E-state index contributed by atoms with van der Waals surface area (Å²) in [6.45, 7) is 7.95. The molecule has 2 heteroatoms. The van der Waals surface area contributed by atoms with E-state index in [1.54, 1.807) is 0 Å². The van der Waals surface area contributed by atoms with Crippen LogP contribution >= 0.6 is 0 Å². The van der Waals surface area contributed by atoms with E-state index in [-0.39, 0.29) is 0 Å². The van der Waals surface area contributed by atoms with Crippen LogP contribution in [-0.2, 0) is 4.79 Å². The van der Waals surface area contributed by atoms with Gasteiger partial charge in [-0.05, 0) is 32.1 Å². The fourth-order valence-corrected chi connectivity index (χ4v) is 1.76. The van der Waals surface area contributed by atoms with E-state index in [0.29, 0.717) is 12.3 Å². The minimum Gasteiger partial charge on any atom is -0.343 e. The van der Waals surface area contributed by atoms with Crippen molar-refractivity contribution in [1.82, 2.24) is 4.90 Å². The van der Waals surface area contributed by atoms with Gasteiger partial charge in [-0.25, -0.2) is 0 Å². The van der Waals surface area contributed by atoms with Gasteiger partial charge in [0.15, 0.2) is 0 Å². The highest BCUT2D eigenvalue weighted by Crippen LogP contribution is 2.13. The summed E-state index contributed by atoms with van der Waals surface area (Å²) in [7, 11) is 0. The average Bonchev–Trinajstić information content (AvgIpc) is 2.26. The Bertz CT molecular complexity index is 204. The van der Waals surface area contributed by atoms with Gasteiger partial charge in [0.2, 0.25) is 5.91 Å². The number of nitrogens with zero attached hydrogens (tertiary/aromatic N) is 1. The van der Waals surface area contributed by atoms with Crippen molar-refractivity contribution in [1.29, 1.82) is 0 Å². The first-order chi connectivity index (χ1) is 6.74. The minimum atomic E-state index is 0.319. The first kappa shape index (κ1) is 11.3. The summed E-state index contributed by atoms with van der Waals surface area (Å²) in [6.07, 6.45) is 6.16. The van der Waals surface area contributed by atoms with E-state index in [2.05, 4.69) is 13.5 Å². The molecule has 1 aliphatic rings. The molecule has 0 aromatic rings. The molecule has 1 heterocycles. The zero-order valence-corrected chi connectivity index (χ0v) is 9.22. The third-order valence-corrected chi connectivity index (χ3v) is 2.90. The first-order valence-electron chi connectivity index (χ1n) is 5.68. The van der Waals surface area contributed by atoms with Crippen molar-refractivity contribution >= 4 is 5.91 Å². The Hall–Kier alpha value is -0.790. The lowest BCUT2D eigenvalue weighted by atomic mass is 10.1. The molecular formula is C12H21NO. The Morgan fingerprint density at radius 1 is 1.21 bits per heavy atom. The molecule has 0 aromatic carbocycles. The largest absolute Gasteiger partial charge is 0.343 e. The van der Waals surface area contributed by atoms with Gasteiger partial charge in [-0.1, -0.05) is 19.1 Å². The molecule has 1 saturated heterocycles. The Balaban J connectivity index is 2.23. The summed E-state index contributed by atoms with van der Waals surface area (Å²) in [5, 5.41) is 0. The second kappa shape index (κ2) is 5.84. The third kappa shape index (κ3) is 3.52. The predicted octanol–water partition coefficient (Wildman–Crippen LogP) is 2.75. The Morgan fingerprint density at radius 3 is 2.43 bits per heavy atom. The zero-order chi connectivity index (χ0) is 10.4. The highest BCUT2D eigenvalue weighted by atomic mass is 16.2. The topological polar surface area (TPSA) is 20.3 Å². The number of hydrogen-bond acceptors (Lipinski definition) is 1. The van der Waals surface area contributed by atoms with Crippen molar-refractivity contribution in [3.05, 3.63) is 12.2 Å². The van der Waals surface area contributed by atoms with Gasteiger partial charge < -0.3 is 4.90 Å². The van der Waals surface area contributed by atoms with Gasteiger partial charge in [0.05, 0.1) is 0 Å². The van der Waals surface area contributed by atoms with Crippen LogP contribution < -0.4 is 0 Å². The molecule has 0 bridgehead atoms. The van der Waals surface area contributed by atoms with E-state index in [1.807, 2.05) is 4.90 Å². The van der Waals surface area contributed by atoms with Gasteiger partial charge in [-0.15, -0.1) is 0 Å². The molecule has 0 radical (unpaired) electrons. The molecule has 0 unspecified atom stereocenters. The summed E-state index contributed by atoms with van der Waals surface area (Å²) in [5.74, 6) is 0.319. The molecule has 0 saturated carbocycles. The number of carbonyl (C=O) groups excluding carboxylic acids is 1. The maximum atomic E-state index is 11.7. The lowest BCUT2D eigenvalue weighted by molar-refractivity contribution is -0.132. The maximum Gasteiger partial charge on any atom is 0.222 e. The third-order valence-electron chi connectivity index (χ3n) is 2.90. The molecule has 0 atom stereocenters. The second-order valence-electron chi connectivity index (χ2n) is 4.05. The molecule has 1 fully saturated rings. The van der Waals surface area contributed by atoms with E-state index in [9.17, 15) is 4.79 Å². The molecular weight excluding hydrogens is 174 g/mol. The highest BCUT2D eigenvalue weighted by Gasteiger charge is 2.15. The molecule has 0 aliphatic carbocycles. The Morgan fingerprint density at radius 2 is 1.86 bits per heavy atom. The van der Waals surface area contributed by atoms with Crippen molar-refractivity contribution in [3.8, 4) is 0 Å². The quantitative estimate of drug-likeness (QED) is 0.632. The Kier molecular flexibility index (Phi) is 4.71. The standard InChI is InChI=1S/C12H21NO/c1-3-11(2)7-8-12(14)13-9-5-4-6-10-13/h2-10H2,1H3. The van der Waals surface area contributed by atoms with Gasteiger partial charge in [0.25, 0.3) is 0 Å². The van der Waals surface area contributed by atoms with Crippen LogP contribution in [0.5, 0.6) is 0 Å². The van der Waals surface area contributed by atoms with Crippen LogP contribution in [0.3, 0.4) is 0 Å². The number of hydrogen-bond donors (Lipinski definition) is 0. The van der Waals surface area contributed by atoms with Gasteiger partial charge in [-0.2, -0.15) is 0 Å². The molecule has 80 valence electrons. The van der Waals surface area contributed by atoms with E-state index in [4.69, 9.17) is 0 Å². The molecule has 0 spiro atoms. The van der Waals surface area contributed by atoms with Crippen molar-refractivity contribution in [2.45, 2.75) is 45.4 Å². The van der Waals surface area contributed by atoms with E-state index < -0.39 is 0 Å². The zero-order valence-electron chi connectivity index (χ0n) is 9.22. The molecule has 14 heavy (non-hydrogen) atoms. The SMILES string of the molecule is C=C(CC)CCC(=O)N1CCCCC1. The summed E-state index contributed by atoms with van der Waals surface area (Å²) in [6, 6.07) is 0. The van der Waals surface area contributed by atoms with Crippen LogP contribution in [-0.4, -0.2) is 23.9 Å². The fraction of sp³-hybridized carbons (Fsp3) is 0.750. The second-order valence-corrected chi connectivity index (χ2v) is 4.05. The predicted molar refractivity (Wildman–Crippen MR) is 59.1 cm³/mol. The lowest BCUT2D eigenvalue weighted by Crippen LogP contribution is -2.35. The van der Waals surface area contributed by atoms with Crippen molar-refractivity contribution in [2.24, 2.45) is 0 Å². The smallest absolute Gasteiger partial charge is 0.222 e. The van der Waals surface area contributed by atoms with Crippen LogP contribution in [0.2, 0.25) is 0 Å². The normalized spacial score (nSPS) is 16.8. The minimum absolute atomic E-state index is 0.319. The summed E-state index contributed by atoms with van der Waals surface area (Å²) in [4.78, 5) is 13.7. The molecule has 0 N–H and O–H groups in total. The maximum absolute atomic E-state index is 11.7. The van der Waals surface area contributed by atoms with Gasteiger partial charge in [0.1, 0.15) is 0 Å². The molecule has 2 nitrogen and oxygen atoms in total. The van der Waals surface area contributed by atoms with Gasteiger partial charge in [-0.3, -0.25) is 4.79 Å². The van der Waals surface area contributed by atoms with Crippen LogP contribution in [0.4, 0.5) is 0 Å². The van der Waals surface area contributed by atoms with Crippen molar-refractivity contribution in [3.63, 3.8) is 0 Å². The number of allylic oxidation sites excluding steroid dienone is 1. The molecule has 1 rings (SSSR count). The van der Waals surface area contributed by atoms with E-state index >= 15 is 0 Å². The van der Waals surface area contributed by atoms with Gasteiger partial charge in [0, 0.05) is 19.5 Å². The fourth-order valence-electron chi connectivity index (χ4n) is 1.76. The van der Waals surface area contributed by atoms with Crippen LogP contribution in [0, 0.1) is 0 Å². The molecule has 1 aliphatic heterocycles. The van der Waals surface area contributed by atoms with Crippen molar-refractivity contribution in [2.75, 3.05) is 13.1 Å². The summed E-state index contributed by atoms with van der Waals surface area (Å²) < 4.78 is 0. The number of amides is 1. The van der Waals surface area contributed by atoms with Crippen LogP contribution in [0.25, 0.3) is 0 Å². The van der Waals surface area contributed by atoms with Crippen molar-refractivity contribution < 1.29 is 4.79 Å². The number of likely N-dealkylation sites (tertiary alicyclic amines) is 1. The lowest BCUT2D eigenvalue weighted by Gasteiger charge is -2.26. The summed E-state index contributed by atoms with van der Waals surface area (Å²) >= 11 is 0. The van der Waals surface area contributed by atoms with E-state index in [1.165, 1.54) is 24.8 Å². The number of rotatable bonds is 4. The first-order valence-corrected chi connectivity index (χ1v) is 5.68. The highest BCUT2D eigenvalue weighted by molar-refractivity contribution is 5.76. The number of carbonyl (C=O) groups is 1. The Labute approximate surface area is 87.0 Å². The molecule has 0 aromatic heterocycles. The monoisotopic (exact) mass is 195 g/mol. The van der Waals surface area contributed by atoms with Crippen LogP contribution in [0.1, 0.15) is 45.4 Å². The van der Waals surface area contributed by atoms with E-state index in [0.717, 1.165) is 25.9 Å². The van der Waals surface area contributed by atoms with Gasteiger partial charge >= 0.3 is 0 Å².